The van der Waals surface area contributed by atoms with E-state index in [0.29, 0.717) is 19.8 Å². The molecular weight excluding hydrogens is 1120 g/mol. The second kappa shape index (κ2) is 36.6. The van der Waals surface area contributed by atoms with E-state index in [9.17, 15) is 0 Å². The van der Waals surface area contributed by atoms with Crippen LogP contribution in [0.15, 0.2) is 121 Å². The fraction of sp³-hybridized carbons (Fsp3) is 0.457. The Morgan fingerprint density at radius 3 is 0.802 bits per heavy atom. The lowest BCUT2D eigenvalue weighted by molar-refractivity contribution is 0.128. The third-order valence-corrected chi connectivity index (χ3v) is 17.6. The summed E-state index contributed by atoms with van der Waals surface area (Å²) in [6, 6.07) is 43.1. The number of aromatic nitrogens is 4. The van der Waals surface area contributed by atoms with Crippen molar-refractivity contribution in [1.29, 1.82) is 0 Å². The third-order valence-electron chi connectivity index (χ3n) is 17.6. The van der Waals surface area contributed by atoms with Crippen LogP contribution in [-0.4, -0.2) is 96.9 Å². The summed E-state index contributed by atoms with van der Waals surface area (Å²) in [5, 5.41) is 0. The lowest BCUT2D eigenvalue weighted by atomic mass is 10.0. The van der Waals surface area contributed by atoms with Crippen molar-refractivity contribution < 1.29 is 18.9 Å². The summed E-state index contributed by atoms with van der Waals surface area (Å²) in [6.45, 7) is 10.6. The number of likely N-dealkylation sites (N-methyl/N-ethyl adjacent to an activating group) is 2. The highest BCUT2D eigenvalue weighted by Crippen LogP contribution is 2.40. The molecule has 91 heavy (non-hydrogen) atoms. The molecule has 4 aromatic carbocycles. The molecule has 2 aliphatic heterocycles. The molecule has 0 fully saturated rings. The molecule has 3 aromatic heterocycles. The molecule has 0 amide bonds. The zero-order valence-electron chi connectivity index (χ0n) is 56.4. The molecule has 0 spiro atoms. The minimum absolute atomic E-state index is 0.00718. The number of nitrogens with one attached hydrogen (secondary N) is 2. The van der Waals surface area contributed by atoms with Crippen molar-refractivity contribution in [2.75, 3.05) is 61.1 Å². The van der Waals surface area contributed by atoms with Gasteiger partial charge < -0.3 is 38.7 Å². The van der Waals surface area contributed by atoms with Gasteiger partial charge in [-0.05, 0) is 167 Å². The second-order valence-electron chi connectivity index (χ2n) is 25.8. The van der Waals surface area contributed by atoms with Gasteiger partial charge in [0.1, 0.15) is 29.1 Å². The van der Waals surface area contributed by atoms with E-state index in [1.165, 1.54) is 135 Å². The molecule has 2 N–H and O–H groups in total. The van der Waals surface area contributed by atoms with Gasteiger partial charge in [0.2, 0.25) is 0 Å². The number of fused-ring (bicyclic) bond motifs is 8. The van der Waals surface area contributed by atoms with E-state index in [2.05, 4.69) is 214 Å². The standard InChI is InChI=1S/C81H106N6O4/c1-8-11-14-17-20-23-26-29-56-88-65-40-32-61(33-41-65)78-70-48-50-72(82-70)79(62-34-42-66(43-35-62)89-57-30-27-24-21-18-15-12-9-2)74-52-54-76(84-74)81(64-38-46-68(47-39-64)91-69(59-86(4)5)60-87(6)7)77-55-53-75(85-77)80(73-51-49-71(78)83-73)63-36-44-67(45-37-63)90-58-31-28-25-22-19-16-13-10-3/h32-55,69,82,85H,8-31,56-60H2,1-7H3. The molecule has 10 nitrogen and oxygen atoms in total. The molecule has 2 aliphatic rings. The summed E-state index contributed by atoms with van der Waals surface area (Å²) >= 11 is 0. The average Bonchev–Trinajstić information content (AvgIpc) is 1.79. The summed E-state index contributed by atoms with van der Waals surface area (Å²) in [4.78, 5) is 23.6. The monoisotopic (exact) mass is 1230 g/mol. The van der Waals surface area contributed by atoms with Crippen LogP contribution in [0.4, 0.5) is 0 Å². The van der Waals surface area contributed by atoms with E-state index < -0.39 is 0 Å². The van der Waals surface area contributed by atoms with Crippen molar-refractivity contribution in [2.24, 2.45) is 0 Å². The number of ether oxygens (including phenoxy) is 4. The Bertz CT molecular complexity index is 3450. The number of unbranched alkanes of at least 4 members (excludes halogenated alkanes) is 21. The Hall–Kier alpha value is -7.40. The maximum atomic E-state index is 6.69. The molecule has 0 atom stereocenters. The maximum absolute atomic E-state index is 6.69. The van der Waals surface area contributed by atoms with Crippen LogP contribution in [0.1, 0.15) is 198 Å². The zero-order chi connectivity index (χ0) is 63.4. The van der Waals surface area contributed by atoms with Crippen LogP contribution in [0.2, 0.25) is 0 Å². The van der Waals surface area contributed by atoms with E-state index >= 15 is 0 Å². The first-order valence-electron chi connectivity index (χ1n) is 35.1. The molecule has 9 rings (SSSR count). The van der Waals surface area contributed by atoms with Gasteiger partial charge in [-0.15, -0.1) is 0 Å². The normalized spacial score (nSPS) is 12.1. The highest BCUT2D eigenvalue weighted by atomic mass is 16.5. The zero-order valence-corrected chi connectivity index (χ0v) is 56.4. The van der Waals surface area contributed by atoms with Gasteiger partial charge in [-0.25, -0.2) is 9.97 Å². The van der Waals surface area contributed by atoms with Gasteiger partial charge in [0.05, 0.1) is 42.6 Å². The van der Waals surface area contributed by atoms with Crippen LogP contribution >= 0.6 is 0 Å². The van der Waals surface area contributed by atoms with E-state index in [0.717, 1.165) is 145 Å². The highest BCUT2D eigenvalue weighted by molar-refractivity contribution is 6.00. The number of benzene rings is 4. The molecule has 0 radical (unpaired) electrons. The summed E-state index contributed by atoms with van der Waals surface area (Å²) in [7, 11) is 8.38. The molecule has 7 aromatic rings. The first kappa shape index (κ1) is 68.0. The smallest absolute Gasteiger partial charge is 0.124 e. The molecule has 10 heteroatoms. The molecule has 5 heterocycles. The minimum Gasteiger partial charge on any atom is -0.494 e. The fourth-order valence-electron chi connectivity index (χ4n) is 12.7. The Morgan fingerprint density at radius 2 is 0.549 bits per heavy atom. The summed E-state index contributed by atoms with van der Waals surface area (Å²) in [5.41, 5.74) is 15.3. The van der Waals surface area contributed by atoms with Crippen LogP contribution in [0.3, 0.4) is 0 Å². The Balaban J connectivity index is 1.14. The van der Waals surface area contributed by atoms with Gasteiger partial charge >= 0.3 is 0 Å². The highest BCUT2D eigenvalue weighted by Gasteiger charge is 2.21. The van der Waals surface area contributed by atoms with Gasteiger partial charge in [-0.3, -0.25) is 0 Å². The van der Waals surface area contributed by atoms with E-state index in [4.69, 9.17) is 28.9 Å². The quantitative estimate of drug-likeness (QED) is 0.0366. The Labute approximate surface area is 546 Å². The fourth-order valence-corrected chi connectivity index (χ4v) is 12.7. The molecular formula is C81H106N6O4. The molecule has 0 unspecified atom stereocenters. The van der Waals surface area contributed by atoms with Crippen LogP contribution in [0.5, 0.6) is 23.0 Å². The third kappa shape index (κ3) is 20.5. The van der Waals surface area contributed by atoms with Crippen LogP contribution in [0, 0.1) is 0 Å². The first-order valence-corrected chi connectivity index (χ1v) is 35.1. The van der Waals surface area contributed by atoms with E-state index in [1.807, 2.05) is 0 Å². The van der Waals surface area contributed by atoms with Crippen LogP contribution in [0.25, 0.3) is 90.9 Å². The van der Waals surface area contributed by atoms with Crippen molar-refractivity contribution in [1.82, 2.24) is 29.7 Å². The largest absolute Gasteiger partial charge is 0.494 e. The molecule has 0 saturated heterocycles. The van der Waals surface area contributed by atoms with Crippen molar-refractivity contribution in [3.8, 4) is 67.5 Å². The van der Waals surface area contributed by atoms with Crippen LogP contribution in [-0.2, 0) is 0 Å². The SMILES string of the molecule is CCCCCCCCCCOc1ccc(-c2c3nc(c(-c4ccc(OCCCCCCCCCC)cc4)c4ccc([nH]4)c(-c4ccc(OC(CN(C)C)CN(C)C)cc4)c4nc(c(-c5ccc(OCCCCCCCCCC)cc5)c5ccc2[nH]5)C=C4)C=C3)cc1. The maximum Gasteiger partial charge on any atom is 0.124 e. The molecule has 484 valence electrons. The van der Waals surface area contributed by atoms with Crippen LogP contribution < -0.4 is 18.9 Å². The second-order valence-corrected chi connectivity index (χ2v) is 25.8. The number of hydrogen-bond acceptors (Lipinski definition) is 8. The van der Waals surface area contributed by atoms with Crippen molar-refractivity contribution >= 4 is 46.4 Å². The van der Waals surface area contributed by atoms with Gasteiger partial charge in [0.15, 0.2) is 0 Å². The lowest BCUT2D eigenvalue weighted by Gasteiger charge is -2.25. The molecule has 0 saturated carbocycles. The van der Waals surface area contributed by atoms with Gasteiger partial charge in [0, 0.05) is 57.4 Å². The van der Waals surface area contributed by atoms with Gasteiger partial charge in [-0.2, -0.15) is 0 Å². The number of aromatic amines is 2. The van der Waals surface area contributed by atoms with E-state index in [-0.39, 0.29) is 6.10 Å². The molecule has 0 aliphatic carbocycles. The van der Waals surface area contributed by atoms with Gasteiger partial charge in [-0.1, -0.05) is 204 Å². The van der Waals surface area contributed by atoms with Crippen molar-refractivity contribution in [2.45, 2.75) is 181 Å². The summed E-state index contributed by atoms with van der Waals surface area (Å²) < 4.78 is 25.8. The number of hydrogen-bond donors (Lipinski definition) is 2. The Morgan fingerprint density at radius 1 is 0.308 bits per heavy atom. The number of rotatable bonds is 40. The van der Waals surface area contributed by atoms with Crippen molar-refractivity contribution in [3.05, 3.63) is 144 Å². The first-order chi connectivity index (χ1) is 44.7. The summed E-state index contributed by atoms with van der Waals surface area (Å²) in [5.74, 6) is 3.45. The predicted molar refractivity (Wildman–Crippen MR) is 386 cm³/mol. The van der Waals surface area contributed by atoms with Crippen molar-refractivity contribution in [3.63, 3.8) is 0 Å². The predicted octanol–water partition coefficient (Wildman–Crippen LogP) is 21.8. The molecule has 8 bridgehead atoms. The number of H-pyrrole nitrogens is 2. The van der Waals surface area contributed by atoms with Gasteiger partial charge in [0.25, 0.3) is 0 Å². The topological polar surface area (TPSA) is 101 Å². The number of nitrogens with zero attached hydrogens (tertiary/aromatic N) is 4. The summed E-state index contributed by atoms with van der Waals surface area (Å²) in [6.07, 6.45) is 39.0. The minimum atomic E-state index is -0.00718. The van der Waals surface area contributed by atoms with E-state index in [1.54, 1.807) is 0 Å². The average molecular weight is 1230 g/mol. The lowest BCUT2D eigenvalue weighted by Crippen LogP contribution is -2.38. The Kier molecular flexibility index (Phi) is 27.3.